The van der Waals surface area contributed by atoms with Crippen LogP contribution in [0.5, 0.6) is 5.75 Å². The molecule has 34 heavy (non-hydrogen) atoms. The molecule has 3 aromatic rings. The average molecular weight is 459 g/mol. The summed E-state index contributed by atoms with van der Waals surface area (Å²) in [6.07, 6.45) is 10.2. The molecule has 1 N–H and O–H groups in total. The number of nitrogens with zero attached hydrogens (tertiary/aromatic N) is 5. The van der Waals surface area contributed by atoms with E-state index >= 15 is 0 Å². The van der Waals surface area contributed by atoms with Gasteiger partial charge in [0.1, 0.15) is 11.4 Å². The minimum Gasteiger partial charge on any atom is -0.491 e. The van der Waals surface area contributed by atoms with E-state index in [0.29, 0.717) is 35.9 Å². The van der Waals surface area contributed by atoms with Crippen LogP contribution in [-0.4, -0.2) is 59.3 Å². The smallest absolute Gasteiger partial charge is 0.256 e. The van der Waals surface area contributed by atoms with Crippen LogP contribution >= 0.6 is 0 Å². The molecule has 2 aliphatic rings. The van der Waals surface area contributed by atoms with Gasteiger partial charge in [-0.1, -0.05) is 5.92 Å². The minimum absolute atomic E-state index is 0.0905. The Balaban J connectivity index is 1.56. The first kappa shape index (κ1) is 22.2. The van der Waals surface area contributed by atoms with Crippen LogP contribution in [0.1, 0.15) is 30.4 Å². The maximum absolute atomic E-state index is 13.1. The van der Waals surface area contributed by atoms with Crippen molar-refractivity contribution in [2.24, 2.45) is 0 Å². The minimum atomic E-state index is -0.0905. The topological polar surface area (TPSA) is 75.5 Å². The summed E-state index contributed by atoms with van der Waals surface area (Å²) >= 11 is 0. The van der Waals surface area contributed by atoms with E-state index in [1.54, 1.807) is 17.7 Å². The number of hydrogen-bond donors (Lipinski definition) is 1. The summed E-state index contributed by atoms with van der Waals surface area (Å²) in [5.41, 5.74) is 3.57. The van der Waals surface area contributed by atoms with Gasteiger partial charge in [0.15, 0.2) is 0 Å². The fourth-order valence-corrected chi connectivity index (χ4v) is 4.69. The van der Waals surface area contributed by atoms with Crippen molar-refractivity contribution in [3.63, 3.8) is 0 Å². The van der Waals surface area contributed by atoms with Gasteiger partial charge in [0.25, 0.3) is 5.56 Å². The number of anilines is 3. The Morgan fingerprint density at radius 1 is 1.12 bits per heavy atom. The van der Waals surface area contributed by atoms with Gasteiger partial charge in [0.2, 0.25) is 5.95 Å². The van der Waals surface area contributed by atoms with Gasteiger partial charge in [-0.25, -0.2) is 4.98 Å². The number of rotatable bonds is 1. The molecule has 5 rings (SSSR count). The number of hydrogen-bond acceptors (Lipinski definition) is 7. The van der Waals surface area contributed by atoms with Crippen molar-refractivity contribution in [1.82, 2.24) is 19.4 Å². The van der Waals surface area contributed by atoms with Crippen LogP contribution in [-0.2, 0) is 6.54 Å². The molecule has 0 unspecified atom stereocenters. The first-order valence-corrected chi connectivity index (χ1v) is 11.9. The molecular weight excluding hydrogens is 428 g/mol. The highest BCUT2D eigenvalue weighted by molar-refractivity contribution is 5.84. The van der Waals surface area contributed by atoms with E-state index in [1.807, 2.05) is 12.1 Å². The third-order valence-electron chi connectivity index (χ3n) is 6.72. The summed E-state index contributed by atoms with van der Waals surface area (Å²) < 4.78 is 7.99. The Morgan fingerprint density at radius 3 is 2.74 bits per heavy atom. The van der Waals surface area contributed by atoms with Gasteiger partial charge in [-0.05, 0) is 45.4 Å². The highest BCUT2D eigenvalue weighted by Crippen LogP contribution is 2.33. The number of ether oxygens (including phenoxy) is 1. The highest BCUT2D eigenvalue weighted by Gasteiger charge is 2.20. The molecule has 1 fully saturated rings. The van der Waals surface area contributed by atoms with Gasteiger partial charge in [-0.2, -0.15) is 4.98 Å². The molecule has 0 amide bonds. The van der Waals surface area contributed by atoms with Crippen molar-refractivity contribution in [3.8, 4) is 18.1 Å². The Bertz CT molecular complexity index is 1320. The summed E-state index contributed by atoms with van der Waals surface area (Å²) in [6.45, 7) is 7.00. The summed E-state index contributed by atoms with van der Waals surface area (Å²) in [5.74, 6) is 3.95. The molecule has 2 aromatic heterocycles. The number of nitrogens with one attached hydrogen (secondary N) is 1. The van der Waals surface area contributed by atoms with Crippen LogP contribution in [0, 0.1) is 19.3 Å². The van der Waals surface area contributed by atoms with Crippen molar-refractivity contribution in [3.05, 3.63) is 45.9 Å². The molecule has 176 valence electrons. The van der Waals surface area contributed by atoms with E-state index in [-0.39, 0.29) is 5.56 Å². The molecule has 4 bridgehead atoms. The van der Waals surface area contributed by atoms with E-state index in [1.165, 1.54) is 0 Å². The highest BCUT2D eigenvalue weighted by atomic mass is 16.5. The molecule has 0 atom stereocenters. The number of aryl methyl sites for hydroxylation is 1. The number of fused-ring (bicyclic) bond motifs is 3. The van der Waals surface area contributed by atoms with Crippen molar-refractivity contribution in [1.29, 1.82) is 0 Å². The summed E-state index contributed by atoms with van der Waals surface area (Å²) in [5, 5.41) is 4.02. The molecule has 2 aliphatic heterocycles. The van der Waals surface area contributed by atoms with Crippen LogP contribution in [0.25, 0.3) is 11.0 Å². The van der Waals surface area contributed by atoms with Crippen molar-refractivity contribution in [2.75, 3.05) is 50.1 Å². The second kappa shape index (κ2) is 9.35. The lowest BCUT2D eigenvalue weighted by Gasteiger charge is -2.35. The molecule has 8 nitrogen and oxygen atoms in total. The summed E-state index contributed by atoms with van der Waals surface area (Å²) in [7, 11) is 2.16. The predicted octanol–water partition coefficient (Wildman–Crippen LogP) is 3.14. The van der Waals surface area contributed by atoms with Gasteiger partial charge in [-0.15, -0.1) is 6.42 Å². The Morgan fingerprint density at radius 2 is 1.94 bits per heavy atom. The third-order valence-corrected chi connectivity index (χ3v) is 6.72. The number of aromatic nitrogens is 3. The normalized spacial score (nSPS) is 17.0. The molecule has 4 heterocycles. The second-order valence-corrected chi connectivity index (χ2v) is 9.04. The zero-order valence-electron chi connectivity index (χ0n) is 19.8. The second-order valence-electron chi connectivity index (χ2n) is 9.04. The lowest BCUT2D eigenvalue weighted by Crippen LogP contribution is -2.44. The lowest BCUT2D eigenvalue weighted by atomic mass is 10.1. The molecule has 0 spiro atoms. The van der Waals surface area contributed by atoms with Crippen LogP contribution in [0.4, 0.5) is 17.3 Å². The van der Waals surface area contributed by atoms with Crippen LogP contribution in [0.15, 0.2) is 29.2 Å². The van der Waals surface area contributed by atoms with Crippen LogP contribution in [0.2, 0.25) is 0 Å². The standard InChI is InChI=1S/C26H30N6O2/c1-4-20-18(2)25(33)32-10-6-5-7-15-34-23-16-19(28-26-27-17-21(20)24(32)29-26)8-9-22(23)31-13-11-30(3)12-14-31/h1,8-9,16-17H,5-7,10-15H2,2-3H3,(H,27,28,29). The Hall–Kier alpha value is -3.57. The van der Waals surface area contributed by atoms with E-state index < -0.39 is 0 Å². The average Bonchev–Trinajstić information content (AvgIpc) is 2.84. The van der Waals surface area contributed by atoms with Crippen molar-refractivity contribution in [2.45, 2.75) is 32.7 Å². The summed E-state index contributed by atoms with van der Waals surface area (Å²) in [4.78, 5) is 27.0. The quantitative estimate of drug-likeness (QED) is 0.562. The molecule has 1 saturated heterocycles. The predicted molar refractivity (Wildman–Crippen MR) is 135 cm³/mol. The number of piperazine rings is 1. The van der Waals surface area contributed by atoms with Gasteiger partial charge in [-0.3, -0.25) is 9.36 Å². The third kappa shape index (κ3) is 4.19. The monoisotopic (exact) mass is 458 g/mol. The van der Waals surface area contributed by atoms with E-state index in [9.17, 15) is 4.79 Å². The van der Waals surface area contributed by atoms with Crippen LogP contribution in [0.3, 0.4) is 0 Å². The zero-order chi connectivity index (χ0) is 23.7. The van der Waals surface area contributed by atoms with E-state index in [4.69, 9.17) is 16.1 Å². The molecule has 8 heteroatoms. The van der Waals surface area contributed by atoms with Gasteiger partial charge >= 0.3 is 0 Å². The molecule has 1 aromatic carbocycles. The van der Waals surface area contributed by atoms with Crippen molar-refractivity contribution < 1.29 is 4.74 Å². The number of terminal acetylenes is 1. The Kier molecular flexibility index (Phi) is 6.12. The summed E-state index contributed by atoms with van der Waals surface area (Å²) in [6, 6.07) is 6.14. The van der Waals surface area contributed by atoms with E-state index in [0.717, 1.165) is 68.0 Å². The maximum Gasteiger partial charge on any atom is 0.256 e. The van der Waals surface area contributed by atoms with Crippen LogP contribution < -0.4 is 20.5 Å². The first-order valence-electron chi connectivity index (χ1n) is 11.9. The van der Waals surface area contributed by atoms with Crippen molar-refractivity contribution >= 4 is 28.4 Å². The molecule has 0 saturated carbocycles. The molecule has 0 aliphatic carbocycles. The molecule has 0 radical (unpaired) electrons. The van der Waals surface area contributed by atoms with Gasteiger partial charge < -0.3 is 19.9 Å². The molecular formula is C26H30N6O2. The number of benzene rings is 1. The zero-order valence-corrected chi connectivity index (χ0v) is 19.8. The van der Waals surface area contributed by atoms with E-state index in [2.05, 4.69) is 39.1 Å². The van der Waals surface area contributed by atoms with Gasteiger partial charge in [0.05, 0.1) is 17.7 Å². The number of likely N-dealkylation sites (N-methyl/N-ethyl adjacent to an activating group) is 1. The fourth-order valence-electron chi connectivity index (χ4n) is 4.69. The largest absolute Gasteiger partial charge is 0.491 e. The fraction of sp³-hybridized carbons (Fsp3) is 0.423. The lowest BCUT2D eigenvalue weighted by molar-refractivity contribution is 0.295. The first-order chi connectivity index (χ1) is 16.5. The Labute approximate surface area is 199 Å². The number of pyridine rings is 1. The van der Waals surface area contributed by atoms with Gasteiger partial charge in [0, 0.05) is 61.8 Å². The SMILES string of the molecule is C#Cc1c(C)c(=O)n2c3nc(ncc13)Nc1ccc(N3CCN(C)CC3)c(c1)OCCCCC2. The maximum atomic E-state index is 13.1.